The van der Waals surface area contributed by atoms with Gasteiger partial charge in [0.2, 0.25) is 17.7 Å². The highest BCUT2D eigenvalue weighted by atomic mass is 35.5. The average molecular weight is 617 g/mol. The molecule has 4 bridgehead atoms. The fourth-order valence-electron chi connectivity index (χ4n) is 5.20. The van der Waals surface area contributed by atoms with Crippen LogP contribution < -0.4 is 33.6 Å². The summed E-state index contributed by atoms with van der Waals surface area (Å²) >= 11 is 6.63. The van der Waals surface area contributed by atoms with Crippen molar-refractivity contribution in [2.45, 2.75) is 43.8 Å². The minimum absolute atomic E-state index is 0.00854. The Bertz CT molecular complexity index is 1260. The lowest BCUT2D eigenvalue weighted by Gasteiger charge is -2.32. The van der Waals surface area contributed by atoms with Crippen molar-refractivity contribution >= 4 is 29.3 Å². The monoisotopic (exact) mass is 616 g/mol. The molecule has 3 rings (SSSR count). The molecule has 1 aliphatic rings. The Labute approximate surface area is 258 Å². The molecule has 0 saturated heterocycles. The first-order valence-electron chi connectivity index (χ1n) is 14.6. The van der Waals surface area contributed by atoms with Gasteiger partial charge in [-0.3, -0.25) is 19.3 Å². The lowest BCUT2D eigenvalue weighted by atomic mass is 9.95. The van der Waals surface area contributed by atoms with Gasteiger partial charge in [-0.2, -0.15) is 0 Å². The zero-order valence-electron chi connectivity index (χ0n) is 24.7. The zero-order valence-corrected chi connectivity index (χ0v) is 25.5. The number of hydrogen-bond donors (Lipinski definition) is 7. The van der Waals surface area contributed by atoms with Gasteiger partial charge in [0.25, 0.3) is 0 Å². The predicted octanol–water partition coefficient (Wildman–Crippen LogP) is -0.475. The van der Waals surface area contributed by atoms with Crippen LogP contribution in [0.2, 0.25) is 5.02 Å². The molecule has 0 radical (unpaired) electrons. The summed E-state index contributed by atoms with van der Waals surface area (Å²) in [6.07, 6.45) is 0.899. The third kappa shape index (κ3) is 9.36. The lowest BCUT2D eigenvalue weighted by Crippen LogP contribution is -2.57. The Hall–Kier alpha value is -3.26. The molecule has 3 amide bonds. The zero-order chi connectivity index (χ0) is 31.5. The fourth-order valence-corrected chi connectivity index (χ4v) is 5.39. The van der Waals surface area contributed by atoms with E-state index >= 15 is 0 Å². The van der Waals surface area contributed by atoms with Crippen molar-refractivity contribution in [3.05, 3.63) is 52.5 Å². The molecule has 0 saturated carbocycles. The smallest absolute Gasteiger partial charge is 0.245 e. The number of nitrogens with zero attached hydrogens (tertiary/aromatic N) is 2. The largest absolute Gasteiger partial charge is 0.508 e. The van der Waals surface area contributed by atoms with Crippen LogP contribution in [-0.4, -0.2) is 104 Å². The van der Waals surface area contributed by atoms with E-state index in [-0.39, 0.29) is 30.9 Å². The van der Waals surface area contributed by atoms with Crippen molar-refractivity contribution in [3.8, 4) is 16.9 Å². The van der Waals surface area contributed by atoms with E-state index in [9.17, 15) is 19.5 Å². The van der Waals surface area contributed by atoms with Gasteiger partial charge in [-0.15, -0.1) is 0 Å². The number of phenolic OH excluding ortho intramolecular Hbond substituents is 1. The number of carbonyl (C=O) groups excluding carboxylic acids is 3. The molecule has 1 unspecified atom stereocenters. The van der Waals surface area contributed by atoms with Crippen LogP contribution in [0.5, 0.6) is 5.75 Å². The van der Waals surface area contributed by atoms with E-state index in [0.29, 0.717) is 68.4 Å². The maximum absolute atomic E-state index is 13.9. The second-order valence-corrected chi connectivity index (χ2v) is 11.2. The molecule has 43 heavy (non-hydrogen) atoms. The number of nitrogens with two attached hydrogens (primary N) is 4. The Morgan fingerprint density at radius 1 is 1.02 bits per heavy atom. The summed E-state index contributed by atoms with van der Waals surface area (Å²) in [5, 5.41) is 16.7. The van der Waals surface area contributed by atoms with Gasteiger partial charge < -0.3 is 43.6 Å². The van der Waals surface area contributed by atoms with Gasteiger partial charge in [-0.1, -0.05) is 23.7 Å². The first kappa shape index (κ1) is 34.2. The van der Waals surface area contributed by atoms with Crippen LogP contribution in [0.4, 0.5) is 0 Å². The standard InChI is InChI=1S/C30H45ClN8O4/c1-38-26(29(42)36-11-14-39(12-9-33)13-10-34)18-21-15-19(4-6-23(21)31)20-5-7-27(40)22(16-20)17-24(35)28(41)37-25(30(38)43)3-2-8-32/h4-7,15-16,24-26,40H,2-3,8-14,17-18,32-35H2,1H3,(H,36,42)(H,37,41)/t24?,25-,26-/m0/s1. The summed E-state index contributed by atoms with van der Waals surface area (Å²) in [7, 11) is 1.54. The number of aromatic hydroxyl groups is 1. The van der Waals surface area contributed by atoms with Gasteiger partial charge in [0.1, 0.15) is 17.8 Å². The number of amides is 3. The number of nitrogens with one attached hydrogen (secondary N) is 2. The van der Waals surface area contributed by atoms with Crippen LogP contribution in [0.15, 0.2) is 36.4 Å². The number of likely N-dealkylation sites (N-methyl/N-ethyl adjacent to an activating group) is 1. The topological polar surface area (TPSA) is 206 Å². The molecule has 1 heterocycles. The average Bonchev–Trinajstić information content (AvgIpc) is 2.98. The number of hydrogen-bond acceptors (Lipinski definition) is 9. The quantitative estimate of drug-likeness (QED) is 0.174. The van der Waals surface area contributed by atoms with Crippen molar-refractivity contribution in [2.24, 2.45) is 22.9 Å². The highest BCUT2D eigenvalue weighted by Crippen LogP contribution is 2.31. The molecule has 11 N–H and O–H groups in total. The number of phenols is 1. The van der Waals surface area contributed by atoms with Gasteiger partial charge in [0, 0.05) is 64.2 Å². The third-order valence-corrected chi connectivity index (χ3v) is 8.06. The van der Waals surface area contributed by atoms with Crippen molar-refractivity contribution in [1.82, 2.24) is 20.4 Å². The summed E-state index contributed by atoms with van der Waals surface area (Å²) in [5.74, 6) is -1.36. The van der Waals surface area contributed by atoms with Gasteiger partial charge in [0.15, 0.2) is 0 Å². The molecule has 0 aliphatic carbocycles. The SMILES string of the molecule is CN1C(=O)[C@H](CCCN)NC(=O)C(N)Cc2cc(ccc2O)-c2ccc(Cl)c(c2)C[C@H]1C(=O)NCCN(CCN)CCN. The molecule has 0 fully saturated rings. The van der Waals surface area contributed by atoms with E-state index in [1.807, 2.05) is 12.1 Å². The predicted molar refractivity (Wildman–Crippen MR) is 168 cm³/mol. The molecule has 2 aromatic rings. The van der Waals surface area contributed by atoms with E-state index in [0.717, 1.165) is 11.1 Å². The summed E-state index contributed by atoms with van der Waals surface area (Å²) in [5.41, 5.74) is 26.1. The first-order valence-corrected chi connectivity index (χ1v) is 15.0. The normalized spacial score (nSPS) is 19.5. The van der Waals surface area contributed by atoms with E-state index in [1.165, 1.54) is 4.90 Å². The number of rotatable bonds is 11. The summed E-state index contributed by atoms with van der Waals surface area (Å²) in [6, 6.07) is 7.60. The van der Waals surface area contributed by atoms with E-state index in [4.69, 9.17) is 34.5 Å². The number of benzene rings is 2. The summed E-state index contributed by atoms with van der Waals surface area (Å²) < 4.78 is 0. The molecule has 236 valence electrons. The number of halogens is 1. The maximum Gasteiger partial charge on any atom is 0.245 e. The Morgan fingerprint density at radius 3 is 2.33 bits per heavy atom. The van der Waals surface area contributed by atoms with Crippen LogP contribution in [-0.2, 0) is 27.2 Å². The highest BCUT2D eigenvalue weighted by Gasteiger charge is 2.33. The molecule has 0 spiro atoms. The van der Waals surface area contributed by atoms with E-state index in [2.05, 4.69) is 15.5 Å². The molecular formula is C30H45ClN8O4. The van der Waals surface area contributed by atoms with Crippen LogP contribution in [0, 0.1) is 0 Å². The van der Waals surface area contributed by atoms with Crippen molar-refractivity contribution in [2.75, 3.05) is 52.9 Å². The van der Waals surface area contributed by atoms with E-state index < -0.39 is 29.9 Å². The summed E-state index contributed by atoms with van der Waals surface area (Å²) in [4.78, 5) is 44.1. The third-order valence-electron chi connectivity index (χ3n) is 7.70. The Balaban J connectivity index is 2.02. The second kappa shape index (κ2) is 16.6. The lowest BCUT2D eigenvalue weighted by molar-refractivity contribution is -0.142. The van der Waals surface area contributed by atoms with Crippen LogP contribution >= 0.6 is 11.6 Å². The van der Waals surface area contributed by atoms with Crippen molar-refractivity contribution in [1.29, 1.82) is 0 Å². The molecule has 13 heteroatoms. The van der Waals surface area contributed by atoms with Gasteiger partial charge >= 0.3 is 0 Å². The van der Waals surface area contributed by atoms with Crippen LogP contribution in [0.1, 0.15) is 24.0 Å². The maximum atomic E-state index is 13.9. The number of fused-ring (bicyclic) bond motifs is 5. The Morgan fingerprint density at radius 2 is 1.67 bits per heavy atom. The fraction of sp³-hybridized carbons (Fsp3) is 0.500. The minimum atomic E-state index is -1.03. The molecular weight excluding hydrogens is 572 g/mol. The van der Waals surface area contributed by atoms with Crippen molar-refractivity contribution < 1.29 is 19.5 Å². The van der Waals surface area contributed by atoms with Gasteiger partial charge in [-0.05, 0) is 65.9 Å². The van der Waals surface area contributed by atoms with Gasteiger partial charge in [-0.25, -0.2) is 0 Å². The Kier molecular flexibility index (Phi) is 13.2. The summed E-state index contributed by atoms with van der Waals surface area (Å²) in [6.45, 7) is 3.38. The molecule has 12 nitrogen and oxygen atoms in total. The highest BCUT2D eigenvalue weighted by molar-refractivity contribution is 6.31. The first-order chi connectivity index (χ1) is 20.6. The molecule has 0 aromatic heterocycles. The second-order valence-electron chi connectivity index (χ2n) is 10.8. The van der Waals surface area contributed by atoms with Crippen LogP contribution in [0.25, 0.3) is 11.1 Å². The minimum Gasteiger partial charge on any atom is -0.508 e. The molecule has 1 aliphatic heterocycles. The van der Waals surface area contributed by atoms with E-state index in [1.54, 1.807) is 31.3 Å². The molecule has 2 aromatic carbocycles. The molecule has 3 atom stereocenters. The van der Waals surface area contributed by atoms with Gasteiger partial charge in [0.05, 0.1) is 6.04 Å². The van der Waals surface area contributed by atoms with Crippen molar-refractivity contribution in [3.63, 3.8) is 0 Å². The number of carbonyl (C=O) groups is 3. The van der Waals surface area contributed by atoms with Crippen LogP contribution in [0.3, 0.4) is 0 Å².